The van der Waals surface area contributed by atoms with Crippen LogP contribution in [0.3, 0.4) is 0 Å². The van der Waals surface area contributed by atoms with Gasteiger partial charge in [0, 0.05) is 74.9 Å². The fourth-order valence-corrected chi connectivity index (χ4v) is 23.4. The molecule has 101 heavy (non-hydrogen) atoms. The van der Waals surface area contributed by atoms with Crippen LogP contribution < -0.4 is 57.4 Å². The van der Waals surface area contributed by atoms with Crippen molar-refractivity contribution in [1.29, 1.82) is 0 Å². The van der Waals surface area contributed by atoms with E-state index in [1.807, 2.05) is 37.3 Å². The van der Waals surface area contributed by atoms with Crippen LogP contribution in [0.25, 0.3) is 0 Å². The standard InChI is InChI=1S/2C18H25NO.2C10H17NO.C10H14O2.C8H11N.C4H6O4.C2H3BO2.2CH4.Na/c2*1-12(14-5-3-2-4-6-14)19-17-15-7-13-8-16(17)11-18(20,9-13)10-15;3*11-9-7-1-6-2-8(9)5-10(12,3-6)4-7;1-7(9)8-5-3-2-4-6-8;1-3(5)7-8-4(2)6;1-2(4)5-3;;;/h2*2-6,12-13,15-17,19-20H,7-11H2,1H3;2*6-9,12H,1-5,11H2;6-8,12H,1-5H2;2-7H,9H2,1H3;1-2H3;1H3;2*1H4;/q;;;;;;;-1;;;+1/t2*12-,13?,15?,16?,17?,18?;;;;7-;;;;;/m00...0...../s1. The molecule has 10 unspecified atom stereocenters. The molecule has 0 heterocycles. The number of carbonyl (C=O) groups excluding carboxylic acids is 4. The number of hydrogen-bond donors (Lipinski definition) is 10. The number of nitrogens with one attached hydrogen (secondary N) is 2. The molecule has 19 heteroatoms. The van der Waals surface area contributed by atoms with E-state index in [2.05, 4.69) is 108 Å². The van der Waals surface area contributed by atoms with E-state index in [1.165, 1.54) is 75.0 Å². The van der Waals surface area contributed by atoms with Gasteiger partial charge in [-0.2, -0.15) is 0 Å². The third-order valence-corrected chi connectivity index (χ3v) is 26.3. The number of rotatable bonds is 7. The van der Waals surface area contributed by atoms with E-state index >= 15 is 0 Å². The van der Waals surface area contributed by atoms with E-state index in [1.54, 1.807) is 0 Å². The summed E-state index contributed by atoms with van der Waals surface area (Å²) in [6.45, 7) is 10.0. The van der Waals surface area contributed by atoms with Crippen LogP contribution in [0.5, 0.6) is 0 Å². The average molecular weight is 1410 g/mol. The zero-order valence-electron chi connectivity index (χ0n) is 60.4. The van der Waals surface area contributed by atoms with Gasteiger partial charge in [-0.15, -0.1) is 0 Å². The molecule has 0 aliphatic heterocycles. The SMILES string of the molecule is C.C.CC(=O)OOC(C)=O.C[C@H](N)c1ccccc1.C[C@H](NC1C2CC3CC1CC(O)(C3)C2)c1ccccc1.C[C@H](NC1C2CC3CC1CC(O)(C3)C2)c1ccccc1.NC1C2CC3CC1CC(O)(C3)C2.NC1C2CC3CC1CC(O)(C3)C2.O=C1C2CC3CC1CC(O)(C3)C2.[B-]OC(C)=O.[Na+]. The largest absolute Gasteiger partial charge is 1.00 e. The summed E-state index contributed by atoms with van der Waals surface area (Å²) in [4.78, 5) is 48.4. The van der Waals surface area contributed by atoms with Crippen LogP contribution in [-0.4, -0.2) is 109 Å². The van der Waals surface area contributed by atoms with Crippen LogP contribution >= 0.6 is 0 Å². The molecule has 13 atom stereocenters. The third kappa shape index (κ3) is 21.0. The molecule has 20 aliphatic rings. The summed E-state index contributed by atoms with van der Waals surface area (Å²) >= 11 is 0. The normalized spacial score (nSPS) is 41.0. The number of carbonyl (C=O) groups is 4. The predicted octanol–water partition coefficient (Wildman–Crippen LogP) is 9.09. The Bertz CT molecular complexity index is 2920. The first kappa shape index (κ1) is 83.0. The zero-order chi connectivity index (χ0) is 70.1. The second-order valence-corrected chi connectivity index (χ2v) is 34.5. The van der Waals surface area contributed by atoms with Gasteiger partial charge >= 0.3 is 41.5 Å². The zero-order valence-corrected chi connectivity index (χ0v) is 62.4. The Labute approximate surface area is 627 Å². The topological polar surface area (TPSA) is 299 Å². The van der Waals surface area contributed by atoms with Crippen molar-refractivity contribution < 1.29 is 88.7 Å². The van der Waals surface area contributed by atoms with Gasteiger partial charge in [-0.05, 0) is 275 Å². The van der Waals surface area contributed by atoms with Crippen molar-refractivity contribution in [2.24, 2.45) is 106 Å². The van der Waals surface area contributed by atoms with E-state index in [4.69, 9.17) is 17.2 Å². The summed E-state index contributed by atoms with van der Waals surface area (Å²) in [6, 6.07) is 34.5. The summed E-state index contributed by atoms with van der Waals surface area (Å²) in [5, 5.41) is 59.5. The molecule has 23 rings (SSSR count). The summed E-state index contributed by atoms with van der Waals surface area (Å²) < 4.78 is 3.61. The maximum atomic E-state index is 11.6. The number of benzene rings is 3. The summed E-state index contributed by atoms with van der Waals surface area (Å²) in [7, 11) is 4.32. The van der Waals surface area contributed by atoms with Gasteiger partial charge in [0.1, 0.15) is 5.78 Å². The van der Waals surface area contributed by atoms with Crippen LogP contribution in [0.2, 0.25) is 0 Å². The molecule has 0 saturated heterocycles. The molecule has 0 spiro atoms. The van der Waals surface area contributed by atoms with Gasteiger partial charge in [0.25, 0.3) is 0 Å². The molecule has 3 aromatic rings. The van der Waals surface area contributed by atoms with E-state index in [0.29, 0.717) is 95.3 Å². The number of Topliss-reactive ketones (excluding diaryl/α,β-unsaturated/α-hetero) is 1. The quantitative estimate of drug-likeness (QED) is 0.0599. The van der Waals surface area contributed by atoms with Crippen molar-refractivity contribution in [3.63, 3.8) is 0 Å². The summed E-state index contributed by atoms with van der Waals surface area (Å²) in [5.41, 5.74) is 20.1. The minimum absolute atomic E-state index is 0. The maximum Gasteiger partial charge on any atom is 1.00 e. The maximum absolute atomic E-state index is 11.6. The smallest absolute Gasteiger partial charge is 0.793 e. The fourth-order valence-electron chi connectivity index (χ4n) is 23.4. The van der Waals surface area contributed by atoms with Gasteiger partial charge in [0.2, 0.25) is 5.97 Å². The monoisotopic (exact) mass is 1410 g/mol. The Morgan fingerprint density at radius 3 is 0.881 bits per heavy atom. The van der Waals surface area contributed by atoms with E-state index < -0.39 is 23.5 Å². The van der Waals surface area contributed by atoms with Crippen LogP contribution in [0.1, 0.15) is 252 Å². The Morgan fingerprint density at radius 1 is 0.416 bits per heavy atom. The molecule has 20 aliphatic carbocycles. The van der Waals surface area contributed by atoms with E-state index in [9.17, 15) is 44.7 Å². The van der Waals surface area contributed by atoms with Gasteiger partial charge in [-0.3, -0.25) is 9.59 Å². The molecule has 20 bridgehead atoms. The van der Waals surface area contributed by atoms with Gasteiger partial charge in [-0.1, -0.05) is 106 Å². The molecule has 3 aromatic carbocycles. The molecule has 13 N–H and O–H groups in total. The number of aliphatic hydroxyl groups is 5. The van der Waals surface area contributed by atoms with Crippen LogP contribution in [-0.2, 0) is 33.6 Å². The molecule has 3 radical (unpaired) electrons. The number of hydrogen-bond acceptors (Lipinski definition) is 17. The van der Waals surface area contributed by atoms with E-state index in [-0.39, 0.29) is 84.7 Å². The van der Waals surface area contributed by atoms with Gasteiger partial charge in [0.05, 0.1) is 28.0 Å². The molecular formula is C82H126BN5NaO12. The second kappa shape index (κ2) is 35.0. The Kier molecular flexibility index (Phi) is 28.8. The minimum Gasteiger partial charge on any atom is -0.793 e. The minimum atomic E-state index is -0.639. The molecule has 0 amide bonds. The van der Waals surface area contributed by atoms with Crippen molar-refractivity contribution in [2.45, 2.75) is 287 Å². The first-order valence-electron chi connectivity index (χ1n) is 37.8. The number of nitrogens with two attached hydrogens (primary N) is 3. The van der Waals surface area contributed by atoms with Crippen molar-refractivity contribution in [1.82, 2.24) is 10.6 Å². The van der Waals surface area contributed by atoms with Crippen molar-refractivity contribution in [3.05, 3.63) is 108 Å². The fraction of sp³-hybridized carbons (Fsp3) is 0.732. The van der Waals surface area contributed by atoms with Gasteiger partial charge in [-0.25, -0.2) is 19.4 Å². The van der Waals surface area contributed by atoms with E-state index in [0.717, 1.165) is 147 Å². The second-order valence-electron chi connectivity index (χ2n) is 34.5. The Hall–Kier alpha value is -3.60. The average Bonchev–Trinajstić information content (AvgIpc) is 0.784. The van der Waals surface area contributed by atoms with Gasteiger partial charge in [0.15, 0.2) is 0 Å². The first-order valence-corrected chi connectivity index (χ1v) is 37.8. The molecule has 20 saturated carbocycles. The molecule has 17 nitrogen and oxygen atoms in total. The van der Waals surface area contributed by atoms with Gasteiger partial charge < -0.3 is 66.1 Å². The third-order valence-electron chi connectivity index (χ3n) is 26.3. The summed E-state index contributed by atoms with van der Waals surface area (Å²) in [5.74, 6) is 8.33. The van der Waals surface area contributed by atoms with Crippen molar-refractivity contribution >= 4 is 31.7 Å². The van der Waals surface area contributed by atoms with Crippen LogP contribution in [0.15, 0.2) is 91.0 Å². The Balaban J connectivity index is 0.000000151. The Morgan fingerprint density at radius 2 is 0.653 bits per heavy atom. The number of ketones is 1. The van der Waals surface area contributed by atoms with Crippen LogP contribution in [0, 0.1) is 88.8 Å². The molecule has 555 valence electrons. The van der Waals surface area contributed by atoms with Crippen molar-refractivity contribution in [3.8, 4) is 0 Å². The van der Waals surface area contributed by atoms with Crippen molar-refractivity contribution in [2.75, 3.05) is 0 Å². The molecule has 20 fully saturated rings. The first-order chi connectivity index (χ1) is 46.4. The molecule has 0 aromatic heterocycles. The summed E-state index contributed by atoms with van der Waals surface area (Å²) in [6.07, 6.45) is 27.4. The predicted molar refractivity (Wildman–Crippen MR) is 391 cm³/mol. The molecular weight excluding hydrogens is 1280 g/mol. The van der Waals surface area contributed by atoms with Crippen LogP contribution in [0.4, 0.5) is 0 Å².